The molecule has 35 heavy (non-hydrogen) atoms. The van der Waals surface area contributed by atoms with Crippen molar-refractivity contribution in [2.24, 2.45) is 11.3 Å². The van der Waals surface area contributed by atoms with Crippen molar-refractivity contribution in [3.63, 3.8) is 0 Å². The third-order valence-corrected chi connectivity index (χ3v) is 7.51. The van der Waals surface area contributed by atoms with Gasteiger partial charge >= 0.3 is 11.9 Å². The number of hydrogen-bond acceptors (Lipinski definition) is 4. The van der Waals surface area contributed by atoms with E-state index in [1.165, 1.54) is 55.6 Å². The zero-order valence-electron chi connectivity index (χ0n) is 21.7. The minimum Gasteiger partial charge on any atom is -0.466 e. The Bertz CT molecular complexity index is 978. The van der Waals surface area contributed by atoms with Gasteiger partial charge in [0.2, 0.25) is 0 Å². The highest BCUT2D eigenvalue weighted by Gasteiger charge is 2.27. The fourth-order valence-corrected chi connectivity index (χ4v) is 4.63. The number of rotatable bonds is 10. The molecule has 0 saturated heterocycles. The molecule has 0 amide bonds. The van der Waals surface area contributed by atoms with Crippen molar-refractivity contribution in [2.75, 3.05) is 13.7 Å². The van der Waals surface area contributed by atoms with Crippen LogP contribution in [-0.4, -0.2) is 25.7 Å². The number of carbonyl (C=O) groups is 2. The van der Waals surface area contributed by atoms with E-state index >= 15 is 0 Å². The fraction of sp³-hybridized carbons (Fsp3) is 0.484. The SMILES string of the molecule is CCC(C)(C)C(=O)OCCCC1CCC(c2ccc(-c3ccc(C=CC(=O)OC)cc3)cc2)CC1. The van der Waals surface area contributed by atoms with E-state index in [-0.39, 0.29) is 17.4 Å². The van der Waals surface area contributed by atoms with E-state index in [2.05, 4.69) is 41.1 Å². The van der Waals surface area contributed by atoms with Crippen molar-refractivity contribution in [2.45, 2.75) is 71.6 Å². The molecule has 188 valence electrons. The van der Waals surface area contributed by atoms with Crippen molar-refractivity contribution in [3.8, 4) is 11.1 Å². The lowest BCUT2D eigenvalue weighted by atomic mass is 9.77. The van der Waals surface area contributed by atoms with E-state index in [0.717, 1.165) is 30.7 Å². The Balaban J connectivity index is 1.43. The summed E-state index contributed by atoms with van der Waals surface area (Å²) in [7, 11) is 1.38. The minimum absolute atomic E-state index is 0.0708. The highest BCUT2D eigenvalue weighted by atomic mass is 16.5. The summed E-state index contributed by atoms with van der Waals surface area (Å²) in [5.41, 5.74) is 4.39. The van der Waals surface area contributed by atoms with Gasteiger partial charge in [0.25, 0.3) is 0 Å². The first-order valence-electron chi connectivity index (χ1n) is 13.0. The van der Waals surface area contributed by atoms with E-state index in [1.54, 1.807) is 6.08 Å². The van der Waals surface area contributed by atoms with Crippen LogP contribution in [0.1, 0.15) is 82.8 Å². The highest BCUT2D eigenvalue weighted by molar-refractivity contribution is 5.87. The summed E-state index contributed by atoms with van der Waals surface area (Å²) in [6, 6.07) is 17.2. The molecule has 0 N–H and O–H groups in total. The van der Waals surface area contributed by atoms with Crippen molar-refractivity contribution in [3.05, 3.63) is 65.7 Å². The van der Waals surface area contributed by atoms with Gasteiger partial charge in [-0.1, -0.05) is 55.5 Å². The highest BCUT2D eigenvalue weighted by Crippen LogP contribution is 2.38. The summed E-state index contributed by atoms with van der Waals surface area (Å²) in [5, 5.41) is 0. The number of ether oxygens (including phenoxy) is 2. The van der Waals surface area contributed by atoms with Crippen LogP contribution in [0.15, 0.2) is 54.6 Å². The maximum atomic E-state index is 12.1. The smallest absolute Gasteiger partial charge is 0.330 e. The molecule has 2 aromatic carbocycles. The summed E-state index contributed by atoms with van der Waals surface area (Å²) in [4.78, 5) is 23.3. The maximum absolute atomic E-state index is 12.1. The van der Waals surface area contributed by atoms with Gasteiger partial charge in [0.05, 0.1) is 19.1 Å². The van der Waals surface area contributed by atoms with Gasteiger partial charge in [-0.2, -0.15) is 0 Å². The number of methoxy groups -OCH3 is 1. The molecule has 4 heteroatoms. The van der Waals surface area contributed by atoms with Crippen LogP contribution in [0, 0.1) is 11.3 Å². The lowest BCUT2D eigenvalue weighted by molar-refractivity contribution is -0.154. The van der Waals surface area contributed by atoms with Gasteiger partial charge in [0.1, 0.15) is 0 Å². The molecule has 0 bridgehead atoms. The molecule has 4 nitrogen and oxygen atoms in total. The predicted octanol–water partition coefficient (Wildman–Crippen LogP) is 7.57. The van der Waals surface area contributed by atoms with Gasteiger partial charge in [-0.25, -0.2) is 4.79 Å². The zero-order chi connectivity index (χ0) is 25.3. The molecule has 3 rings (SSSR count). The van der Waals surface area contributed by atoms with Gasteiger partial charge in [0, 0.05) is 6.08 Å². The van der Waals surface area contributed by atoms with Gasteiger partial charge in [-0.15, -0.1) is 0 Å². The molecular weight excluding hydrogens is 436 g/mol. The molecule has 1 fully saturated rings. The van der Waals surface area contributed by atoms with Crippen LogP contribution >= 0.6 is 0 Å². The number of esters is 2. The van der Waals surface area contributed by atoms with Crippen LogP contribution in [0.5, 0.6) is 0 Å². The quantitative estimate of drug-likeness (QED) is 0.201. The number of benzene rings is 2. The average Bonchev–Trinajstić information content (AvgIpc) is 2.90. The molecule has 1 aliphatic carbocycles. The van der Waals surface area contributed by atoms with Crippen molar-refractivity contribution >= 4 is 18.0 Å². The average molecular weight is 477 g/mol. The monoisotopic (exact) mass is 476 g/mol. The first kappa shape index (κ1) is 26.7. The van der Waals surface area contributed by atoms with Crippen LogP contribution in [0.25, 0.3) is 17.2 Å². The van der Waals surface area contributed by atoms with E-state index in [4.69, 9.17) is 4.74 Å². The zero-order valence-corrected chi connectivity index (χ0v) is 21.7. The van der Waals surface area contributed by atoms with Gasteiger partial charge < -0.3 is 9.47 Å². The van der Waals surface area contributed by atoms with Crippen LogP contribution in [-0.2, 0) is 19.1 Å². The standard InChI is InChI=1S/C31H40O4/c1-5-31(2,3)30(33)35-22-6-7-23-8-13-25(14-9-23)27-17-19-28(20-18-27)26-15-10-24(11-16-26)12-21-29(32)34-4/h10-12,15-21,23,25H,5-9,13-14,22H2,1-4H3. The first-order valence-corrected chi connectivity index (χ1v) is 13.0. The molecule has 0 aromatic heterocycles. The van der Waals surface area contributed by atoms with Gasteiger partial charge in [0.15, 0.2) is 0 Å². The molecule has 0 unspecified atom stereocenters. The lowest BCUT2D eigenvalue weighted by Crippen LogP contribution is -2.26. The molecule has 0 spiro atoms. The second-order valence-electron chi connectivity index (χ2n) is 10.3. The van der Waals surface area contributed by atoms with E-state index in [1.807, 2.05) is 32.9 Å². The Morgan fingerprint density at radius 3 is 2.11 bits per heavy atom. The predicted molar refractivity (Wildman–Crippen MR) is 142 cm³/mol. The second-order valence-corrected chi connectivity index (χ2v) is 10.3. The number of hydrogen-bond donors (Lipinski definition) is 0. The van der Waals surface area contributed by atoms with Crippen LogP contribution in [0.2, 0.25) is 0 Å². The molecule has 2 aromatic rings. The largest absolute Gasteiger partial charge is 0.466 e. The lowest BCUT2D eigenvalue weighted by Gasteiger charge is -2.29. The Morgan fingerprint density at radius 2 is 1.54 bits per heavy atom. The fourth-order valence-electron chi connectivity index (χ4n) is 4.63. The maximum Gasteiger partial charge on any atom is 0.330 e. The van der Waals surface area contributed by atoms with Crippen molar-refractivity contribution in [1.82, 2.24) is 0 Å². The van der Waals surface area contributed by atoms with Gasteiger partial charge in [-0.05, 0) is 99.0 Å². The molecule has 1 aliphatic rings. The van der Waals surface area contributed by atoms with Crippen LogP contribution in [0.4, 0.5) is 0 Å². The van der Waals surface area contributed by atoms with E-state index < -0.39 is 0 Å². The third kappa shape index (κ3) is 7.81. The van der Waals surface area contributed by atoms with Crippen LogP contribution in [0.3, 0.4) is 0 Å². The second kappa shape index (κ2) is 12.7. The number of carbonyl (C=O) groups excluding carboxylic acids is 2. The van der Waals surface area contributed by atoms with E-state index in [0.29, 0.717) is 12.5 Å². The minimum atomic E-state index is -0.375. The third-order valence-electron chi connectivity index (χ3n) is 7.51. The topological polar surface area (TPSA) is 52.6 Å². The summed E-state index contributed by atoms with van der Waals surface area (Å²) in [5.74, 6) is 0.957. The Hall–Kier alpha value is -2.88. The molecule has 0 heterocycles. The Labute approximate surface area is 210 Å². The van der Waals surface area contributed by atoms with Crippen molar-refractivity contribution < 1.29 is 19.1 Å². The summed E-state index contributed by atoms with van der Waals surface area (Å²) in [6.45, 7) is 6.48. The van der Waals surface area contributed by atoms with E-state index in [9.17, 15) is 9.59 Å². The van der Waals surface area contributed by atoms with Gasteiger partial charge in [-0.3, -0.25) is 4.79 Å². The first-order chi connectivity index (χ1) is 16.8. The molecule has 1 saturated carbocycles. The Kier molecular flexibility index (Phi) is 9.71. The summed E-state index contributed by atoms with van der Waals surface area (Å²) in [6.07, 6.45) is 11.1. The summed E-state index contributed by atoms with van der Waals surface area (Å²) < 4.78 is 10.1. The normalized spacial score (nSPS) is 18.4. The molecule has 0 aliphatic heterocycles. The molecule has 0 atom stereocenters. The molecule has 0 radical (unpaired) electrons. The van der Waals surface area contributed by atoms with Crippen LogP contribution < -0.4 is 0 Å². The summed E-state index contributed by atoms with van der Waals surface area (Å²) >= 11 is 0. The molecular formula is C31H40O4. The Morgan fingerprint density at radius 1 is 0.943 bits per heavy atom. The van der Waals surface area contributed by atoms with Crippen molar-refractivity contribution in [1.29, 1.82) is 0 Å².